The summed E-state index contributed by atoms with van der Waals surface area (Å²) in [6.45, 7) is 12.8. The van der Waals surface area contributed by atoms with Crippen molar-refractivity contribution in [2.45, 2.75) is 84.8 Å². The molecule has 0 radical (unpaired) electrons. The Labute approximate surface area is 194 Å². The quantitative estimate of drug-likeness (QED) is 0.215. The number of amides is 1. The monoisotopic (exact) mass is 526 g/mol. The van der Waals surface area contributed by atoms with E-state index in [9.17, 15) is 4.79 Å². The van der Waals surface area contributed by atoms with Gasteiger partial charge >= 0.3 is 6.09 Å². The summed E-state index contributed by atoms with van der Waals surface area (Å²) >= 11 is 0. The number of alkyl carbamates (subject to hydrolysis) is 1. The van der Waals surface area contributed by atoms with Gasteiger partial charge in [-0.05, 0) is 58.8 Å². The van der Waals surface area contributed by atoms with Crippen molar-refractivity contribution in [1.82, 2.24) is 16.0 Å². The SMILES string of the molecule is CCCC(CNC(=NCC1(CCOC)CCC1)NCC)NC(=O)OC(C)(C)C.I. The molecule has 1 atom stereocenters. The van der Waals surface area contributed by atoms with E-state index in [1.54, 1.807) is 7.11 Å². The molecule has 0 heterocycles. The Balaban J connectivity index is 0.00000784. The molecule has 1 aliphatic rings. The first kappa shape index (κ1) is 28.2. The van der Waals surface area contributed by atoms with Crippen LogP contribution in [0.25, 0.3) is 0 Å². The first-order valence-corrected chi connectivity index (χ1v) is 10.7. The van der Waals surface area contributed by atoms with Crippen LogP contribution in [-0.4, -0.2) is 57.0 Å². The number of nitrogens with one attached hydrogen (secondary N) is 3. The van der Waals surface area contributed by atoms with Crippen LogP contribution in [0.15, 0.2) is 4.99 Å². The van der Waals surface area contributed by atoms with E-state index in [0.29, 0.717) is 6.54 Å². The molecular weight excluding hydrogens is 483 g/mol. The molecule has 0 aromatic carbocycles. The van der Waals surface area contributed by atoms with Gasteiger partial charge in [0, 0.05) is 39.4 Å². The Bertz CT molecular complexity index is 491. The third-order valence-electron chi connectivity index (χ3n) is 5.04. The third-order valence-corrected chi connectivity index (χ3v) is 5.04. The highest BCUT2D eigenvalue weighted by Crippen LogP contribution is 2.44. The fraction of sp³-hybridized carbons (Fsp3) is 0.905. The number of rotatable bonds is 11. The molecule has 172 valence electrons. The lowest BCUT2D eigenvalue weighted by Gasteiger charge is -2.40. The van der Waals surface area contributed by atoms with Gasteiger partial charge in [-0.3, -0.25) is 4.99 Å². The number of nitrogens with zero attached hydrogens (tertiary/aromatic N) is 1. The molecule has 1 aliphatic carbocycles. The summed E-state index contributed by atoms with van der Waals surface area (Å²) in [4.78, 5) is 16.9. The van der Waals surface area contributed by atoms with Crippen LogP contribution in [0.3, 0.4) is 0 Å². The van der Waals surface area contributed by atoms with Crippen molar-refractivity contribution in [2.24, 2.45) is 10.4 Å². The zero-order valence-corrected chi connectivity index (χ0v) is 21.6. The number of carbonyl (C=O) groups is 1. The molecule has 1 unspecified atom stereocenters. The van der Waals surface area contributed by atoms with Crippen molar-refractivity contribution in [3.05, 3.63) is 0 Å². The van der Waals surface area contributed by atoms with Crippen LogP contribution in [0, 0.1) is 5.41 Å². The van der Waals surface area contributed by atoms with E-state index in [1.807, 2.05) is 20.8 Å². The molecule has 3 N–H and O–H groups in total. The number of aliphatic imine (C=N–C) groups is 1. The summed E-state index contributed by atoms with van der Waals surface area (Å²) in [6.07, 6.45) is 6.27. The van der Waals surface area contributed by atoms with Gasteiger partial charge in [0.15, 0.2) is 5.96 Å². The average molecular weight is 527 g/mol. The maximum absolute atomic E-state index is 12.1. The lowest BCUT2D eigenvalue weighted by Crippen LogP contribution is -2.48. The van der Waals surface area contributed by atoms with Crippen molar-refractivity contribution in [1.29, 1.82) is 0 Å². The van der Waals surface area contributed by atoms with Crippen LogP contribution in [0.5, 0.6) is 0 Å². The molecule has 0 aromatic rings. The van der Waals surface area contributed by atoms with Gasteiger partial charge in [-0.2, -0.15) is 0 Å². The summed E-state index contributed by atoms with van der Waals surface area (Å²) in [5, 5.41) is 9.67. The second-order valence-corrected chi connectivity index (χ2v) is 8.80. The van der Waals surface area contributed by atoms with Crippen LogP contribution >= 0.6 is 24.0 Å². The molecule has 8 heteroatoms. The van der Waals surface area contributed by atoms with Gasteiger partial charge in [-0.15, -0.1) is 24.0 Å². The van der Waals surface area contributed by atoms with Gasteiger partial charge in [0.05, 0.1) is 0 Å². The van der Waals surface area contributed by atoms with Crippen LogP contribution < -0.4 is 16.0 Å². The molecule has 0 spiro atoms. The number of halogens is 1. The van der Waals surface area contributed by atoms with Gasteiger partial charge in [-0.25, -0.2) is 4.79 Å². The fourth-order valence-corrected chi connectivity index (χ4v) is 3.34. The highest BCUT2D eigenvalue weighted by atomic mass is 127. The minimum absolute atomic E-state index is 0. The van der Waals surface area contributed by atoms with Crippen molar-refractivity contribution in [3.63, 3.8) is 0 Å². The third kappa shape index (κ3) is 11.9. The summed E-state index contributed by atoms with van der Waals surface area (Å²) < 4.78 is 10.7. The standard InChI is InChI=1S/C21H42N4O3.HI/c1-7-10-17(25-19(26)28-20(3,4)5)15-23-18(22-8-2)24-16-21(11-9-12-21)13-14-27-6;/h17H,7-16H2,1-6H3,(H,25,26)(H2,22,23,24);1H. The van der Waals surface area contributed by atoms with Crippen LogP contribution in [0.1, 0.15) is 73.1 Å². The van der Waals surface area contributed by atoms with Gasteiger partial charge in [0.25, 0.3) is 0 Å². The highest BCUT2D eigenvalue weighted by molar-refractivity contribution is 14.0. The van der Waals surface area contributed by atoms with E-state index in [-0.39, 0.29) is 41.5 Å². The summed E-state index contributed by atoms with van der Waals surface area (Å²) in [7, 11) is 1.76. The van der Waals surface area contributed by atoms with Crippen molar-refractivity contribution >= 4 is 36.0 Å². The number of hydrogen-bond donors (Lipinski definition) is 3. The molecule has 0 bridgehead atoms. The Hall–Kier alpha value is -0.770. The maximum atomic E-state index is 12.1. The minimum atomic E-state index is -0.496. The molecule has 0 saturated heterocycles. The van der Waals surface area contributed by atoms with E-state index in [2.05, 4.69) is 29.8 Å². The molecule has 7 nitrogen and oxygen atoms in total. The molecule has 29 heavy (non-hydrogen) atoms. The summed E-state index contributed by atoms with van der Waals surface area (Å²) in [5.41, 5.74) is -0.208. The van der Waals surface area contributed by atoms with Gasteiger partial charge in [0.2, 0.25) is 0 Å². The van der Waals surface area contributed by atoms with Crippen molar-refractivity contribution < 1.29 is 14.3 Å². The maximum Gasteiger partial charge on any atom is 0.407 e. The Kier molecular flexibility index (Phi) is 13.9. The molecule has 1 fully saturated rings. The van der Waals surface area contributed by atoms with Gasteiger partial charge < -0.3 is 25.4 Å². The summed E-state index contributed by atoms with van der Waals surface area (Å²) in [5.74, 6) is 0.804. The second-order valence-electron chi connectivity index (χ2n) is 8.80. The van der Waals surface area contributed by atoms with E-state index in [0.717, 1.165) is 44.9 Å². The zero-order valence-electron chi connectivity index (χ0n) is 19.2. The number of methoxy groups -OCH3 is 1. The predicted molar refractivity (Wildman–Crippen MR) is 130 cm³/mol. The van der Waals surface area contributed by atoms with E-state index in [4.69, 9.17) is 14.5 Å². The molecular formula is C21H43IN4O3. The number of ether oxygens (including phenoxy) is 2. The molecule has 0 aliphatic heterocycles. The zero-order chi connectivity index (χ0) is 21.0. The first-order chi connectivity index (χ1) is 13.2. The molecule has 1 saturated carbocycles. The largest absolute Gasteiger partial charge is 0.444 e. The molecule has 1 amide bonds. The Morgan fingerprint density at radius 1 is 1.21 bits per heavy atom. The smallest absolute Gasteiger partial charge is 0.407 e. The first-order valence-electron chi connectivity index (χ1n) is 10.7. The van der Waals surface area contributed by atoms with Crippen LogP contribution in [0.2, 0.25) is 0 Å². The van der Waals surface area contributed by atoms with Gasteiger partial charge in [-0.1, -0.05) is 19.8 Å². The topological polar surface area (TPSA) is 84.0 Å². The number of guanidine groups is 1. The predicted octanol–water partition coefficient (Wildman–Crippen LogP) is 4.06. The van der Waals surface area contributed by atoms with Crippen LogP contribution in [0.4, 0.5) is 4.79 Å². The summed E-state index contributed by atoms with van der Waals surface area (Å²) in [6, 6.07) is -0.00476. The normalized spacial score (nSPS) is 16.8. The van der Waals surface area contributed by atoms with Crippen molar-refractivity contribution in [3.8, 4) is 0 Å². The van der Waals surface area contributed by atoms with E-state index in [1.165, 1.54) is 19.3 Å². The van der Waals surface area contributed by atoms with Crippen molar-refractivity contribution in [2.75, 3.05) is 33.4 Å². The van der Waals surface area contributed by atoms with Gasteiger partial charge in [0.1, 0.15) is 5.60 Å². The Morgan fingerprint density at radius 3 is 2.38 bits per heavy atom. The lowest BCUT2D eigenvalue weighted by atomic mass is 9.67. The van der Waals surface area contributed by atoms with E-state index >= 15 is 0 Å². The van der Waals surface area contributed by atoms with Crippen LogP contribution in [-0.2, 0) is 9.47 Å². The highest BCUT2D eigenvalue weighted by Gasteiger charge is 2.36. The molecule has 1 rings (SSSR count). The minimum Gasteiger partial charge on any atom is -0.444 e. The Morgan fingerprint density at radius 2 is 1.90 bits per heavy atom. The second kappa shape index (κ2) is 14.3. The molecule has 0 aromatic heterocycles. The average Bonchev–Trinajstić information content (AvgIpc) is 2.56. The number of carbonyl (C=O) groups excluding carboxylic acids is 1. The fourth-order valence-electron chi connectivity index (χ4n) is 3.34. The lowest BCUT2D eigenvalue weighted by molar-refractivity contribution is 0.0502. The number of hydrogen-bond acceptors (Lipinski definition) is 4. The van der Waals surface area contributed by atoms with E-state index < -0.39 is 5.60 Å².